The molecule has 3 heterocycles. The van der Waals surface area contributed by atoms with E-state index in [2.05, 4.69) is 20.3 Å². The lowest BCUT2D eigenvalue weighted by Gasteiger charge is -2.11. The van der Waals surface area contributed by atoms with Crippen molar-refractivity contribution in [3.8, 4) is 5.88 Å². The molecule has 1 aliphatic rings. The number of fused-ring (bicyclic) bond motifs is 1. The Balaban J connectivity index is 1.41. The fourth-order valence-electron chi connectivity index (χ4n) is 2.62. The molecule has 4 rings (SSSR count). The third-order valence-corrected chi connectivity index (χ3v) is 3.82. The minimum absolute atomic E-state index is 0.112. The first-order valence-electron chi connectivity index (χ1n) is 7.75. The second kappa shape index (κ2) is 6.26. The molecule has 6 nitrogen and oxygen atoms in total. The zero-order chi connectivity index (χ0) is 15.5. The van der Waals surface area contributed by atoms with Gasteiger partial charge in [0, 0.05) is 25.2 Å². The Morgan fingerprint density at radius 1 is 1.30 bits per heavy atom. The molecule has 0 radical (unpaired) electrons. The summed E-state index contributed by atoms with van der Waals surface area (Å²) in [6, 6.07) is 11.9. The minimum Gasteiger partial charge on any atom is -0.472 e. The normalized spacial score (nSPS) is 17.5. The number of para-hydroxylation sites is 2. The summed E-state index contributed by atoms with van der Waals surface area (Å²) in [6.45, 7) is 2.06. The Morgan fingerprint density at radius 3 is 3.13 bits per heavy atom. The van der Waals surface area contributed by atoms with Gasteiger partial charge < -0.3 is 19.8 Å². The van der Waals surface area contributed by atoms with E-state index in [9.17, 15) is 0 Å². The maximum atomic E-state index is 5.83. The number of rotatable bonds is 5. The van der Waals surface area contributed by atoms with Gasteiger partial charge in [0.05, 0.1) is 24.2 Å². The molecule has 118 valence electrons. The van der Waals surface area contributed by atoms with Gasteiger partial charge in [-0.25, -0.2) is 9.97 Å². The Bertz CT molecular complexity index is 763. The van der Waals surface area contributed by atoms with Crippen LogP contribution in [-0.2, 0) is 11.3 Å². The number of nitrogens with one attached hydrogen (secondary N) is 2. The van der Waals surface area contributed by atoms with E-state index in [4.69, 9.17) is 9.47 Å². The highest BCUT2D eigenvalue weighted by Gasteiger charge is 2.17. The lowest BCUT2D eigenvalue weighted by Crippen LogP contribution is -2.16. The summed E-state index contributed by atoms with van der Waals surface area (Å²) >= 11 is 0. The van der Waals surface area contributed by atoms with Crippen LogP contribution in [0.25, 0.3) is 11.0 Å². The summed E-state index contributed by atoms with van der Waals surface area (Å²) < 4.78 is 11.1. The van der Waals surface area contributed by atoms with Crippen LogP contribution in [0.15, 0.2) is 42.6 Å². The van der Waals surface area contributed by atoms with Gasteiger partial charge in [-0.15, -0.1) is 0 Å². The van der Waals surface area contributed by atoms with Crippen LogP contribution >= 0.6 is 0 Å². The molecule has 2 aromatic heterocycles. The van der Waals surface area contributed by atoms with Crippen molar-refractivity contribution in [3.05, 3.63) is 48.2 Å². The van der Waals surface area contributed by atoms with E-state index in [0.717, 1.165) is 35.6 Å². The third-order valence-electron chi connectivity index (χ3n) is 3.82. The van der Waals surface area contributed by atoms with E-state index < -0.39 is 0 Å². The second-order valence-electron chi connectivity index (χ2n) is 5.56. The molecular weight excluding hydrogens is 292 g/mol. The van der Waals surface area contributed by atoms with Gasteiger partial charge in [-0.1, -0.05) is 12.1 Å². The fourth-order valence-corrected chi connectivity index (χ4v) is 2.62. The molecule has 2 N–H and O–H groups in total. The van der Waals surface area contributed by atoms with Gasteiger partial charge in [0.15, 0.2) is 0 Å². The maximum Gasteiger partial charge on any atom is 0.213 e. The van der Waals surface area contributed by atoms with Crippen molar-refractivity contribution in [2.75, 3.05) is 18.5 Å². The Hall–Kier alpha value is -2.60. The Kier molecular flexibility index (Phi) is 3.81. The molecule has 1 aliphatic heterocycles. The molecule has 6 heteroatoms. The molecule has 1 fully saturated rings. The fraction of sp³-hybridized carbons (Fsp3) is 0.294. The van der Waals surface area contributed by atoms with E-state index in [1.165, 1.54) is 0 Å². The number of aromatic amines is 1. The number of H-pyrrole nitrogens is 1. The topological polar surface area (TPSA) is 72.1 Å². The number of pyridine rings is 1. The number of nitrogens with zero attached hydrogens (tertiary/aromatic N) is 2. The van der Waals surface area contributed by atoms with Gasteiger partial charge in [0.25, 0.3) is 0 Å². The third kappa shape index (κ3) is 3.27. The zero-order valence-electron chi connectivity index (χ0n) is 12.7. The largest absolute Gasteiger partial charge is 0.472 e. The van der Waals surface area contributed by atoms with Crippen LogP contribution in [0.4, 0.5) is 5.95 Å². The summed E-state index contributed by atoms with van der Waals surface area (Å²) in [4.78, 5) is 12.0. The minimum atomic E-state index is 0.112. The summed E-state index contributed by atoms with van der Waals surface area (Å²) in [5.74, 6) is 1.40. The number of hydrogen-bond donors (Lipinski definition) is 2. The van der Waals surface area contributed by atoms with Crippen molar-refractivity contribution in [1.29, 1.82) is 0 Å². The van der Waals surface area contributed by atoms with Crippen molar-refractivity contribution in [3.63, 3.8) is 0 Å². The number of anilines is 1. The van der Waals surface area contributed by atoms with Gasteiger partial charge in [0.1, 0.15) is 6.10 Å². The smallest absolute Gasteiger partial charge is 0.213 e. The van der Waals surface area contributed by atoms with Crippen LogP contribution in [0, 0.1) is 0 Å². The SMILES string of the molecule is c1ccc2[nH]c(NCc3ccnc(OC4CCOC4)c3)nc2c1. The average molecular weight is 310 g/mol. The summed E-state index contributed by atoms with van der Waals surface area (Å²) in [5.41, 5.74) is 3.07. The van der Waals surface area contributed by atoms with E-state index in [0.29, 0.717) is 19.0 Å². The van der Waals surface area contributed by atoms with Gasteiger partial charge in [-0.2, -0.15) is 0 Å². The molecular formula is C17H18N4O2. The van der Waals surface area contributed by atoms with E-state index >= 15 is 0 Å². The molecule has 1 saturated heterocycles. The van der Waals surface area contributed by atoms with E-state index in [-0.39, 0.29) is 6.10 Å². The summed E-state index contributed by atoms with van der Waals surface area (Å²) in [5, 5.41) is 3.30. The predicted octanol–water partition coefficient (Wildman–Crippen LogP) is 2.74. The van der Waals surface area contributed by atoms with Gasteiger partial charge >= 0.3 is 0 Å². The average Bonchev–Trinajstić information content (AvgIpc) is 3.22. The maximum absolute atomic E-state index is 5.83. The standard InChI is InChI=1S/C17H18N4O2/c1-2-4-15-14(3-1)20-17(21-15)19-10-12-5-7-18-16(9-12)23-13-6-8-22-11-13/h1-5,7,9,13H,6,8,10-11H2,(H2,19,20,21). The van der Waals surface area contributed by atoms with Crippen LogP contribution < -0.4 is 10.1 Å². The molecule has 0 aliphatic carbocycles. The highest BCUT2D eigenvalue weighted by Crippen LogP contribution is 2.17. The second-order valence-corrected chi connectivity index (χ2v) is 5.56. The zero-order valence-corrected chi connectivity index (χ0v) is 12.7. The molecule has 0 spiro atoms. The van der Waals surface area contributed by atoms with Gasteiger partial charge in [-0.3, -0.25) is 0 Å². The first-order valence-corrected chi connectivity index (χ1v) is 7.75. The van der Waals surface area contributed by atoms with Crippen LogP contribution in [0.5, 0.6) is 5.88 Å². The monoisotopic (exact) mass is 310 g/mol. The van der Waals surface area contributed by atoms with Crippen LogP contribution in [-0.4, -0.2) is 34.3 Å². The summed E-state index contributed by atoms with van der Waals surface area (Å²) in [6.07, 6.45) is 2.80. The molecule has 1 aromatic carbocycles. The number of aromatic nitrogens is 3. The highest BCUT2D eigenvalue weighted by molar-refractivity contribution is 5.77. The van der Waals surface area contributed by atoms with Crippen molar-refractivity contribution < 1.29 is 9.47 Å². The molecule has 0 saturated carbocycles. The number of hydrogen-bond acceptors (Lipinski definition) is 5. The highest BCUT2D eigenvalue weighted by atomic mass is 16.5. The van der Waals surface area contributed by atoms with Crippen molar-refractivity contribution in [2.45, 2.75) is 19.1 Å². The lowest BCUT2D eigenvalue weighted by molar-refractivity contribution is 0.138. The summed E-state index contributed by atoms with van der Waals surface area (Å²) in [7, 11) is 0. The van der Waals surface area contributed by atoms with Crippen molar-refractivity contribution in [1.82, 2.24) is 15.0 Å². The Morgan fingerprint density at radius 2 is 2.26 bits per heavy atom. The van der Waals surface area contributed by atoms with E-state index in [1.54, 1.807) is 6.20 Å². The number of benzene rings is 1. The van der Waals surface area contributed by atoms with Crippen molar-refractivity contribution in [2.24, 2.45) is 0 Å². The molecule has 3 aromatic rings. The van der Waals surface area contributed by atoms with Gasteiger partial charge in [-0.05, 0) is 23.8 Å². The molecule has 1 unspecified atom stereocenters. The van der Waals surface area contributed by atoms with Crippen LogP contribution in [0.2, 0.25) is 0 Å². The molecule has 23 heavy (non-hydrogen) atoms. The first kappa shape index (κ1) is 14.0. The Labute approximate surface area is 133 Å². The van der Waals surface area contributed by atoms with Crippen LogP contribution in [0.1, 0.15) is 12.0 Å². The molecule has 0 bridgehead atoms. The quantitative estimate of drug-likeness (QED) is 0.758. The van der Waals surface area contributed by atoms with E-state index in [1.807, 2.05) is 36.4 Å². The molecule has 0 amide bonds. The van der Waals surface area contributed by atoms with Crippen LogP contribution in [0.3, 0.4) is 0 Å². The number of imidazole rings is 1. The molecule has 1 atom stereocenters. The first-order chi connectivity index (χ1) is 11.4. The van der Waals surface area contributed by atoms with Crippen molar-refractivity contribution >= 4 is 17.0 Å². The number of ether oxygens (including phenoxy) is 2. The lowest BCUT2D eigenvalue weighted by atomic mass is 10.2. The predicted molar refractivity (Wildman–Crippen MR) is 87.5 cm³/mol. The van der Waals surface area contributed by atoms with Gasteiger partial charge in [0.2, 0.25) is 11.8 Å².